The molecule has 0 radical (unpaired) electrons. The van der Waals surface area contributed by atoms with Crippen LogP contribution in [0, 0.1) is 12.7 Å². The van der Waals surface area contributed by atoms with E-state index >= 15 is 0 Å². The smallest absolute Gasteiger partial charge is 0.123 e. The molecule has 1 rings (SSSR count). The third kappa shape index (κ3) is 6.20. The fraction of sp³-hybridized carbons (Fsp3) is 0.647. The summed E-state index contributed by atoms with van der Waals surface area (Å²) in [4.78, 5) is 0. The van der Waals surface area contributed by atoms with Crippen LogP contribution in [0.3, 0.4) is 0 Å². The van der Waals surface area contributed by atoms with Crippen LogP contribution >= 0.6 is 0 Å². The van der Waals surface area contributed by atoms with Crippen molar-refractivity contribution in [2.45, 2.75) is 64.8 Å². The minimum absolute atomic E-state index is 0.126. The van der Waals surface area contributed by atoms with Gasteiger partial charge in [-0.2, -0.15) is 0 Å². The van der Waals surface area contributed by atoms with Crippen LogP contribution < -0.4 is 5.32 Å². The molecule has 1 nitrogen and oxygen atoms in total. The van der Waals surface area contributed by atoms with Gasteiger partial charge in [0.1, 0.15) is 5.82 Å². The number of benzene rings is 1. The summed E-state index contributed by atoms with van der Waals surface area (Å²) in [5, 5.41) is 3.37. The molecule has 0 amide bonds. The van der Waals surface area contributed by atoms with Gasteiger partial charge >= 0.3 is 0 Å². The molecule has 0 spiro atoms. The number of rotatable bonds is 9. The predicted octanol–water partition coefficient (Wildman–Crippen LogP) is 4.63. The molecule has 1 aromatic carbocycles. The van der Waals surface area contributed by atoms with Gasteiger partial charge in [-0.1, -0.05) is 45.1 Å². The molecule has 108 valence electrons. The molecular formula is C17H28FN. The second-order valence-electron chi connectivity index (χ2n) is 5.46. The number of unbranched alkanes of at least 4 members (excludes halogenated alkanes) is 4. The maximum atomic E-state index is 13.3. The maximum Gasteiger partial charge on any atom is 0.123 e. The zero-order chi connectivity index (χ0) is 14.1. The molecular weight excluding hydrogens is 237 g/mol. The van der Waals surface area contributed by atoms with Crippen molar-refractivity contribution in [3.8, 4) is 0 Å². The van der Waals surface area contributed by atoms with Gasteiger partial charge in [-0.3, -0.25) is 0 Å². The fourth-order valence-electron chi connectivity index (χ4n) is 2.47. The van der Waals surface area contributed by atoms with Crippen molar-refractivity contribution in [2.75, 3.05) is 7.05 Å². The summed E-state index contributed by atoms with van der Waals surface area (Å²) in [6, 6.07) is 5.55. The standard InChI is InChI=1S/C17H28FN/c1-4-5-6-7-8-9-17(19-3)13-15-12-16(18)11-10-14(15)2/h10-12,17,19H,4-9,13H2,1-3H3. The first kappa shape index (κ1) is 16.2. The first-order valence-electron chi connectivity index (χ1n) is 7.59. The normalized spacial score (nSPS) is 12.6. The molecule has 0 aromatic heterocycles. The van der Waals surface area contributed by atoms with Gasteiger partial charge in [0.05, 0.1) is 0 Å². The quantitative estimate of drug-likeness (QED) is 0.642. The van der Waals surface area contributed by atoms with E-state index in [1.54, 1.807) is 6.07 Å². The minimum Gasteiger partial charge on any atom is -0.317 e. The molecule has 0 heterocycles. The van der Waals surface area contributed by atoms with Crippen LogP contribution in [0.15, 0.2) is 18.2 Å². The van der Waals surface area contributed by atoms with Crippen LogP contribution in [0.25, 0.3) is 0 Å². The van der Waals surface area contributed by atoms with Gasteiger partial charge in [0, 0.05) is 6.04 Å². The minimum atomic E-state index is -0.126. The lowest BCUT2D eigenvalue weighted by molar-refractivity contribution is 0.480. The van der Waals surface area contributed by atoms with Gasteiger partial charge < -0.3 is 5.32 Å². The van der Waals surface area contributed by atoms with E-state index in [0.717, 1.165) is 12.0 Å². The largest absolute Gasteiger partial charge is 0.317 e. The third-order valence-corrected chi connectivity index (χ3v) is 3.84. The second kappa shape index (κ2) is 9.08. The summed E-state index contributed by atoms with van der Waals surface area (Å²) in [7, 11) is 2.01. The molecule has 1 unspecified atom stereocenters. The van der Waals surface area contributed by atoms with Gasteiger partial charge in [0.2, 0.25) is 0 Å². The Labute approximate surface area is 117 Å². The van der Waals surface area contributed by atoms with Gasteiger partial charge in [0.15, 0.2) is 0 Å². The van der Waals surface area contributed by atoms with E-state index < -0.39 is 0 Å². The Morgan fingerprint density at radius 1 is 1.16 bits per heavy atom. The topological polar surface area (TPSA) is 12.0 Å². The van der Waals surface area contributed by atoms with Crippen molar-refractivity contribution in [1.82, 2.24) is 5.32 Å². The van der Waals surface area contributed by atoms with Crippen molar-refractivity contribution in [2.24, 2.45) is 0 Å². The van der Waals surface area contributed by atoms with E-state index in [9.17, 15) is 4.39 Å². The number of hydrogen-bond donors (Lipinski definition) is 1. The Hall–Kier alpha value is -0.890. The Balaban J connectivity index is 2.41. The van der Waals surface area contributed by atoms with Crippen molar-refractivity contribution < 1.29 is 4.39 Å². The molecule has 0 saturated heterocycles. The zero-order valence-electron chi connectivity index (χ0n) is 12.6. The Morgan fingerprint density at radius 3 is 2.58 bits per heavy atom. The molecule has 0 saturated carbocycles. The van der Waals surface area contributed by atoms with Crippen LogP contribution in [0.4, 0.5) is 4.39 Å². The number of aryl methyl sites for hydroxylation is 1. The average molecular weight is 265 g/mol. The summed E-state index contributed by atoms with van der Waals surface area (Å²) >= 11 is 0. The SMILES string of the molecule is CCCCCCCC(Cc1cc(F)ccc1C)NC. The molecule has 0 aliphatic rings. The Kier molecular flexibility index (Phi) is 7.73. The van der Waals surface area contributed by atoms with Crippen LogP contribution in [0.1, 0.15) is 56.6 Å². The first-order valence-corrected chi connectivity index (χ1v) is 7.59. The Morgan fingerprint density at radius 2 is 1.89 bits per heavy atom. The number of nitrogens with one attached hydrogen (secondary N) is 1. The lowest BCUT2D eigenvalue weighted by atomic mass is 9.97. The van der Waals surface area contributed by atoms with Crippen molar-refractivity contribution in [1.29, 1.82) is 0 Å². The average Bonchev–Trinajstić information content (AvgIpc) is 2.41. The van der Waals surface area contributed by atoms with Crippen molar-refractivity contribution >= 4 is 0 Å². The van der Waals surface area contributed by atoms with E-state index in [1.807, 2.05) is 13.1 Å². The predicted molar refractivity (Wildman–Crippen MR) is 81.1 cm³/mol. The van der Waals surface area contributed by atoms with Gasteiger partial charge in [0.25, 0.3) is 0 Å². The molecule has 19 heavy (non-hydrogen) atoms. The van der Waals surface area contributed by atoms with E-state index in [4.69, 9.17) is 0 Å². The number of halogens is 1. The monoisotopic (exact) mass is 265 g/mol. The second-order valence-corrected chi connectivity index (χ2v) is 5.46. The highest BCUT2D eigenvalue weighted by molar-refractivity contribution is 5.27. The summed E-state index contributed by atoms with van der Waals surface area (Å²) in [5.74, 6) is -0.126. The molecule has 1 N–H and O–H groups in total. The van der Waals surface area contributed by atoms with E-state index in [-0.39, 0.29) is 5.82 Å². The maximum absolute atomic E-state index is 13.3. The Bertz CT molecular complexity index is 362. The molecule has 1 aromatic rings. The lowest BCUT2D eigenvalue weighted by Gasteiger charge is -2.17. The molecule has 0 bridgehead atoms. The first-order chi connectivity index (χ1) is 9.17. The van der Waals surface area contributed by atoms with Crippen LogP contribution in [-0.2, 0) is 6.42 Å². The fourth-order valence-corrected chi connectivity index (χ4v) is 2.47. The molecule has 2 heteroatoms. The summed E-state index contributed by atoms with van der Waals surface area (Å²) in [5.41, 5.74) is 2.32. The zero-order valence-corrected chi connectivity index (χ0v) is 12.6. The van der Waals surface area contributed by atoms with E-state index in [1.165, 1.54) is 50.2 Å². The molecule has 0 aliphatic heterocycles. The van der Waals surface area contributed by atoms with Gasteiger partial charge in [-0.15, -0.1) is 0 Å². The van der Waals surface area contributed by atoms with E-state index in [0.29, 0.717) is 6.04 Å². The third-order valence-electron chi connectivity index (χ3n) is 3.84. The molecule has 0 aliphatic carbocycles. The summed E-state index contributed by atoms with van der Waals surface area (Å²) < 4.78 is 13.3. The van der Waals surface area contributed by atoms with Crippen LogP contribution in [0.5, 0.6) is 0 Å². The van der Waals surface area contributed by atoms with Gasteiger partial charge in [-0.05, 0) is 50.1 Å². The molecule has 0 fully saturated rings. The van der Waals surface area contributed by atoms with E-state index in [2.05, 4.69) is 19.2 Å². The summed E-state index contributed by atoms with van der Waals surface area (Å²) in [6.45, 7) is 4.30. The highest BCUT2D eigenvalue weighted by atomic mass is 19.1. The molecule has 1 atom stereocenters. The van der Waals surface area contributed by atoms with Gasteiger partial charge in [-0.25, -0.2) is 4.39 Å². The lowest BCUT2D eigenvalue weighted by Crippen LogP contribution is -2.27. The van der Waals surface area contributed by atoms with Crippen LogP contribution in [0.2, 0.25) is 0 Å². The number of hydrogen-bond acceptors (Lipinski definition) is 1. The highest BCUT2D eigenvalue weighted by Crippen LogP contribution is 2.15. The highest BCUT2D eigenvalue weighted by Gasteiger charge is 2.09. The number of likely N-dealkylation sites (N-methyl/N-ethyl adjacent to an activating group) is 1. The van der Waals surface area contributed by atoms with Crippen molar-refractivity contribution in [3.63, 3.8) is 0 Å². The van der Waals surface area contributed by atoms with Crippen molar-refractivity contribution in [3.05, 3.63) is 35.1 Å². The van der Waals surface area contributed by atoms with Crippen LogP contribution in [-0.4, -0.2) is 13.1 Å². The summed E-state index contributed by atoms with van der Waals surface area (Å²) in [6.07, 6.45) is 8.65.